The summed E-state index contributed by atoms with van der Waals surface area (Å²) in [5.41, 5.74) is 5.81. The van der Waals surface area contributed by atoms with E-state index in [1.807, 2.05) is 6.92 Å². The van der Waals surface area contributed by atoms with Crippen molar-refractivity contribution in [2.24, 2.45) is 5.73 Å². The average molecular weight is 228 g/mol. The first-order valence-corrected chi connectivity index (χ1v) is 6.29. The van der Waals surface area contributed by atoms with Crippen LogP contribution in [0.3, 0.4) is 0 Å². The topological polar surface area (TPSA) is 75.3 Å². The third-order valence-corrected chi connectivity index (χ3v) is 3.27. The Morgan fingerprint density at radius 3 is 2.69 bits per heavy atom. The number of aliphatic hydroxyl groups is 1. The highest BCUT2D eigenvalue weighted by Gasteiger charge is 2.31. The second kappa shape index (κ2) is 6.21. The Hall–Kier alpha value is -0.610. The van der Waals surface area contributed by atoms with Crippen LogP contribution in [0.15, 0.2) is 0 Å². The molecule has 0 aromatic rings. The van der Waals surface area contributed by atoms with Crippen molar-refractivity contribution in [3.8, 4) is 0 Å². The van der Waals surface area contributed by atoms with Crippen molar-refractivity contribution in [3.63, 3.8) is 0 Å². The average Bonchev–Trinajstić information content (AvgIpc) is 2.62. The van der Waals surface area contributed by atoms with Crippen LogP contribution in [0.4, 0.5) is 0 Å². The summed E-state index contributed by atoms with van der Waals surface area (Å²) >= 11 is 0. The van der Waals surface area contributed by atoms with Crippen LogP contribution in [0.25, 0.3) is 0 Å². The van der Waals surface area contributed by atoms with Gasteiger partial charge in [-0.15, -0.1) is 0 Å². The molecule has 0 bridgehead atoms. The number of carbonyl (C=O) groups is 1. The molecule has 4 N–H and O–H groups in total. The molecule has 1 atom stereocenters. The Balaban J connectivity index is 2.20. The molecule has 0 aliphatic heterocycles. The number of rotatable bonds is 6. The van der Waals surface area contributed by atoms with E-state index in [-0.39, 0.29) is 11.4 Å². The molecule has 1 aliphatic rings. The van der Waals surface area contributed by atoms with Gasteiger partial charge in [0.05, 0.1) is 6.10 Å². The van der Waals surface area contributed by atoms with E-state index in [2.05, 4.69) is 5.32 Å². The molecule has 4 nitrogen and oxygen atoms in total. The van der Waals surface area contributed by atoms with Crippen LogP contribution in [0.2, 0.25) is 0 Å². The number of aliphatic hydroxyl groups excluding tert-OH is 1. The standard InChI is InChI=1S/C12H24N2O2/c1-2-5-10(15)9-14-11(16)8-12(13)6-3-4-7-12/h10,15H,2-9,13H2,1H3,(H,14,16). The lowest BCUT2D eigenvalue weighted by Crippen LogP contribution is -2.43. The Kier molecular flexibility index (Phi) is 5.22. The van der Waals surface area contributed by atoms with Crippen molar-refractivity contribution in [3.05, 3.63) is 0 Å². The molecule has 0 saturated heterocycles. The van der Waals surface area contributed by atoms with E-state index < -0.39 is 6.10 Å². The first-order valence-electron chi connectivity index (χ1n) is 6.29. The largest absolute Gasteiger partial charge is 0.391 e. The Bertz CT molecular complexity index is 225. The molecule has 1 saturated carbocycles. The van der Waals surface area contributed by atoms with E-state index in [0.717, 1.165) is 38.5 Å². The monoisotopic (exact) mass is 228 g/mol. The van der Waals surface area contributed by atoms with E-state index in [4.69, 9.17) is 5.73 Å². The van der Waals surface area contributed by atoms with Crippen molar-refractivity contribution in [1.82, 2.24) is 5.32 Å². The molecule has 1 rings (SSSR count). The van der Waals surface area contributed by atoms with Gasteiger partial charge in [-0.2, -0.15) is 0 Å². The van der Waals surface area contributed by atoms with Gasteiger partial charge in [0.25, 0.3) is 0 Å². The summed E-state index contributed by atoms with van der Waals surface area (Å²) in [4.78, 5) is 11.6. The van der Waals surface area contributed by atoms with Crippen molar-refractivity contribution in [1.29, 1.82) is 0 Å². The van der Waals surface area contributed by atoms with Crippen LogP contribution < -0.4 is 11.1 Å². The van der Waals surface area contributed by atoms with Gasteiger partial charge in [-0.1, -0.05) is 26.2 Å². The lowest BCUT2D eigenvalue weighted by atomic mass is 9.94. The van der Waals surface area contributed by atoms with Gasteiger partial charge < -0.3 is 16.2 Å². The highest BCUT2D eigenvalue weighted by Crippen LogP contribution is 2.29. The summed E-state index contributed by atoms with van der Waals surface area (Å²) in [5, 5.41) is 12.2. The predicted molar refractivity (Wildman–Crippen MR) is 63.9 cm³/mol. The Morgan fingerprint density at radius 1 is 1.50 bits per heavy atom. The molecule has 1 unspecified atom stereocenters. The van der Waals surface area contributed by atoms with E-state index in [0.29, 0.717) is 13.0 Å². The molecule has 0 aromatic carbocycles. The fourth-order valence-corrected chi connectivity index (χ4v) is 2.31. The van der Waals surface area contributed by atoms with E-state index in [9.17, 15) is 9.90 Å². The van der Waals surface area contributed by atoms with Crippen LogP contribution in [-0.2, 0) is 4.79 Å². The van der Waals surface area contributed by atoms with Gasteiger partial charge in [0.1, 0.15) is 0 Å². The summed E-state index contributed by atoms with van der Waals surface area (Å²) < 4.78 is 0. The molecule has 1 aliphatic carbocycles. The summed E-state index contributed by atoms with van der Waals surface area (Å²) in [5.74, 6) is -0.0282. The van der Waals surface area contributed by atoms with Crippen molar-refractivity contribution >= 4 is 5.91 Å². The quantitative estimate of drug-likeness (QED) is 0.633. The summed E-state index contributed by atoms with van der Waals surface area (Å²) in [6.45, 7) is 2.36. The molecule has 0 radical (unpaired) electrons. The zero-order valence-corrected chi connectivity index (χ0v) is 10.2. The second-order valence-electron chi connectivity index (χ2n) is 4.99. The van der Waals surface area contributed by atoms with Gasteiger partial charge in [0.2, 0.25) is 5.91 Å². The Labute approximate surface area is 97.6 Å². The maximum absolute atomic E-state index is 11.6. The third-order valence-electron chi connectivity index (χ3n) is 3.27. The van der Waals surface area contributed by atoms with Gasteiger partial charge >= 0.3 is 0 Å². The van der Waals surface area contributed by atoms with Gasteiger partial charge in [0.15, 0.2) is 0 Å². The highest BCUT2D eigenvalue weighted by molar-refractivity contribution is 5.77. The van der Waals surface area contributed by atoms with Gasteiger partial charge in [-0.3, -0.25) is 4.79 Å². The minimum atomic E-state index is -0.425. The number of nitrogens with one attached hydrogen (secondary N) is 1. The lowest BCUT2D eigenvalue weighted by molar-refractivity contribution is -0.122. The molecular weight excluding hydrogens is 204 g/mol. The minimum Gasteiger partial charge on any atom is -0.391 e. The molecule has 1 fully saturated rings. The maximum Gasteiger partial charge on any atom is 0.221 e. The molecule has 4 heteroatoms. The number of amides is 1. The summed E-state index contributed by atoms with van der Waals surface area (Å²) in [6, 6.07) is 0. The van der Waals surface area contributed by atoms with Crippen LogP contribution >= 0.6 is 0 Å². The zero-order valence-electron chi connectivity index (χ0n) is 10.2. The van der Waals surface area contributed by atoms with Gasteiger partial charge in [0, 0.05) is 18.5 Å². The van der Waals surface area contributed by atoms with Crippen molar-refractivity contribution < 1.29 is 9.90 Å². The molecule has 0 heterocycles. The maximum atomic E-state index is 11.6. The van der Waals surface area contributed by atoms with Crippen LogP contribution in [0.1, 0.15) is 51.9 Å². The molecule has 1 amide bonds. The van der Waals surface area contributed by atoms with Crippen molar-refractivity contribution in [2.45, 2.75) is 63.5 Å². The van der Waals surface area contributed by atoms with Crippen molar-refractivity contribution in [2.75, 3.05) is 6.54 Å². The smallest absolute Gasteiger partial charge is 0.221 e. The molecule has 16 heavy (non-hydrogen) atoms. The number of hydrogen-bond acceptors (Lipinski definition) is 3. The fraction of sp³-hybridized carbons (Fsp3) is 0.917. The van der Waals surface area contributed by atoms with Gasteiger partial charge in [-0.05, 0) is 19.3 Å². The lowest BCUT2D eigenvalue weighted by Gasteiger charge is -2.23. The van der Waals surface area contributed by atoms with E-state index in [1.165, 1.54) is 0 Å². The van der Waals surface area contributed by atoms with Crippen LogP contribution in [0, 0.1) is 0 Å². The Morgan fingerprint density at radius 2 is 2.12 bits per heavy atom. The van der Waals surface area contributed by atoms with Gasteiger partial charge in [-0.25, -0.2) is 0 Å². The summed E-state index contributed by atoms with van der Waals surface area (Å²) in [6.07, 6.45) is 5.77. The highest BCUT2D eigenvalue weighted by atomic mass is 16.3. The number of hydrogen-bond donors (Lipinski definition) is 3. The number of carbonyl (C=O) groups excluding carboxylic acids is 1. The first kappa shape index (κ1) is 13.5. The third kappa shape index (κ3) is 4.49. The normalized spacial score (nSPS) is 20.7. The SMILES string of the molecule is CCCC(O)CNC(=O)CC1(N)CCCC1. The second-order valence-corrected chi connectivity index (χ2v) is 4.99. The minimum absolute atomic E-state index is 0.0282. The van der Waals surface area contributed by atoms with E-state index >= 15 is 0 Å². The molecule has 0 aromatic heterocycles. The molecule has 0 spiro atoms. The first-order chi connectivity index (χ1) is 7.56. The predicted octanol–water partition coefficient (Wildman–Crippen LogP) is 0.925. The van der Waals surface area contributed by atoms with Crippen LogP contribution in [0.5, 0.6) is 0 Å². The molecular formula is C12H24N2O2. The zero-order chi connectivity index (χ0) is 12.0. The van der Waals surface area contributed by atoms with Crippen LogP contribution in [-0.4, -0.2) is 29.2 Å². The molecule has 94 valence electrons. The number of nitrogens with two attached hydrogens (primary N) is 1. The fourth-order valence-electron chi connectivity index (χ4n) is 2.31. The summed E-state index contributed by atoms with van der Waals surface area (Å²) in [7, 11) is 0. The van der Waals surface area contributed by atoms with E-state index in [1.54, 1.807) is 0 Å².